The lowest BCUT2D eigenvalue weighted by Gasteiger charge is -2.34. The molecule has 0 radical (unpaired) electrons. The highest BCUT2D eigenvalue weighted by atomic mass is 32.1. The summed E-state index contributed by atoms with van der Waals surface area (Å²) in [7, 11) is 0. The minimum absolute atomic E-state index is 0.0451. The summed E-state index contributed by atoms with van der Waals surface area (Å²) in [6.45, 7) is 4.17. The summed E-state index contributed by atoms with van der Waals surface area (Å²) >= 11 is 1.75. The van der Waals surface area contributed by atoms with Gasteiger partial charge in [-0.1, -0.05) is 6.07 Å². The Kier molecular flexibility index (Phi) is 5.27. The number of carboxylic acid groups (broad SMARTS) is 1. The number of aromatic nitrogens is 2. The van der Waals surface area contributed by atoms with E-state index in [0.29, 0.717) is 18.8 Å². The minimum atomic E-state index is -0.897. The maximum absolute atomic E-state index is 12.7. The van der Waals surface area contributed by atoms with Crippen molar-refractivity contribution in [3.8, 4) is 0 Å². The van der Waals surface area contributed by atoms with Gasteiger partial charge in [0.25, 0.3) is 5.91 Å². The highest BCUT2D eigenvalue weighted by molar-refractivity contribution is 7.09. The molecule has 1 fully saturated rings. The van der Waals surface area contributed by atoms with Gasteiger partial charge in [0.05, 0.1) is 13.0 Å². The first-order chi connectivity index (χ1) is 11.6. The number of hydrogen-bond acceptors (Lipinski definition) is 5. The van der Waals surface area contributed by atoms with Crippen molar-refractivity contribution in [3.63, 3.8) is 0 Å². The van der Waals surface area contributed by atoms with E-state index >= 15 is 0 Å². The maximum Gasteiger partial charge on any atom is 0.305 e. The molecule has 1 saturated heterocycles. The van der Waals surface area contributed by atoms with Crippen molar-refractivity contribution in [1.82, 2.24) is 19.6 Å². The summed E-state index contributed by atoms with van der Waals surface area (Å²) in [5, 5.41) is 14.9. The van der Waals surface area contributed by atoms with Gasteiger partial charge in [-0.15, -0.1) is 11.3 Å². The lowest BCUT2D eigenvalue weighted by atomic mass is 10.2. The molecule has 24 heavy (non-hydrogen) atoms. The third kappa shape index (κ3) is 4.01. The monoisotopic (exact) mass is 348 g/mol. The van der Waals surface area contributed by atoms with Gasteiger partial charge >= 0.3 is 5.97 Å². The Morgan fingerprint density at radius 2 is 2.00 bits per heavy atom. The van der Waals surface area contributed by atoms with Crippen LogP contribution < -0.4 is 0 Å². The van der Waals surface area contributed by atoms with Crippen molar-refractivity contribution < 1.29 is 14.7 Å². The summed E-state index contributed by atoms with van der Waals surface area (Å²) < 4.78 is 1.48. The molecule has 128 valence electrons. The van der Waals surface area contributed by atoms with E-state index in [1.165, 1.54) is 9.56 Å². The minimum Gasteiger partial charge on any atom is -0.481 e. The van der Waals surface area contributed by atoms with E-state index < -0.39 is 5.97 Å². The molecule has 0 unspecified atom stereocenters. The van der Waals surface area contributed by atoms with Crippen molar-refractivity contribution in [2.75, 3.05) is 26.2 Å². The first-order valence-electron chi connectivity index (χ1n) is 7.91. The van der Waals surface area contributed by atoms with E-state index in [9.17, 15) is 9.59 Å². The average molecular weight is 348 g/mol. The number of aliphatic carboxylic acids is 1. The molecule has 0 aromatic carbocycles. The van der Waals surface area contributed by atoms with Crippen LogP contribution in [-0.4, -0.2) is 62.7 Å². The average Bonchev–Trinajstić information content (AvgIpc) is 3.24. The van der Waals surface area contributed by atoms with Gasteiger partial charge in [0.15, 0.2) is 0 Å². The number of nitrogens with zero attached hydrogens (tertiary/aromatic N) is 4. The van der Waals surface area contributed by atoms with Gasteiger partial charge in [0, 0.05) is 43.8 Å². The molecule has 0 saturated carbocycles. The van der Waals surface area contributed by atoms with Crippen LogP contribution in [0.4, 0.5) is 0 Å². The third-order valence-corrected chi connectivity index (χ3v) is 4.95. The van der Waals surface area contributed by atoms with Crippen molar-refractivity contribution in [2.24, 2.45) is 0 Å². The zero-order valence-corrected chi connectivity index (χ0v) is 14.1. The molecule has 1 aliphatic heterocycles. The second kappa shape index (κ2) is 7.59. The Balaban J connectivity index is 1.55. The zero-order chi connectivity index (χ0) is 16.9. The van der Waals surface area contributed by atoms with Gasteiger partial charge in [-0.3, -0.25) is 19.2 Å². The zero-order valence-electron chi connectivity index (χ0n) is 13.3. The molecule has 3 heterocycles. The molecule has 7 nitrogen and oxygen atoms in total. The van der Waals surface area contributed by atoms with Gasteiger partial charge in [0.2, 0.25) is 0 Å². The Hall–Kier alpha value is -2.19. The highest BCUT2D eigenvalue weighted by Crippen LogP contribution is 2.15. The number of hydrogen-bond donors (Lipinski definition) is 1. The van der Waals surface area contributed by atoms with E-state index in [0.717, 1.165) is 19.6 Å². The Morgan fingerprint density at radius 1 is 1.21 bits per heavy atom. The number of rotatable bonds is 6. The molecule has 0 spiro atoms. The molecule has 1 aliphatic rings. The first-order valence-corrected chi connectivity index (χ1v) is 8.79. The smallest absolute Gasteiger partial charge is 0.305 e. The van der Waals surface area contributed by atoms with E-state index in [1.54, 1.807) is 23.6 Å². The van der Waals surface area contributed by atoms with Crippen molar-refractivity contribution in [1.29, 1.82) is 0 Å². The number of aryl methyl sites for hydroxylation is 1. The standard InChI is InChI=1S/C16H20N4O3S/c21-15(22)4-6-20-14(3-5-17-20)16(23)19-9-7-18(8-10-19)12-13-2-1-11-24-13/h1-3,5,11H,4,6-10,12H2,(H,21,22). The van der Waals surface area contributed by atoms with Gasteiger partial charge in [-0.25, -0.2) is 0 Å². The number of amides is 1. The largest absolute Gasteiger partial charge is 0.481 e. The Morgan fingerprint density at radius 3 is 2.67 bits per heavy atom. The second-order valence-electron chi connectivity index (χ2n) is 5.73. The van der Waals surface area contributed by atoms with E-state index in [1.807, 2.05) is 4.90 Å². The van der Waals surface area contributed by atoms with Crippen LogP contribution >= 0.6 is 11.3 Å². The normalized spacial score (nSPS) is 15.6. The SMILES string of the molecule is O=C(O)CCn1nccc1C(=O)N1CCN(Cc2cccs2)CC1. The lowest BCUT2D eigenvalue weighted by Crippen LogP contribution is -2.48. The quantitative estimate of drug-likeness (QED) is 0.853. The van der Waals surface area contributed by atoms with Crippen molar-refractivity contribution >= 4 is 23.2 Å². The molecule has 0 atom stereocenters. The number of piperazine rings is 1. The molecule has 0 aliphatic carbocycles. The summed E-state index contributed by atoms with van der Waals surface area (Å²) in [6.07, 6.45) is 1.50. The predicted molar refractivity (Wildman–Crippen MR) is 90.0 cm³/mol. The number of carboxylic acids is 1. The molecule has 1 amide bonds. The lowest BCUT2D eigenvalue weighted by molar-refractivity contribution is -0.137. The fourth-order valence-corrected chi connectivity index (χ4v) is 3.53. The van der Waals surface area contributed by atoms with E-state index in [4.69, 9.17) is 5.11 Å². The maximum atomic E-state index is 12.7. The number of thiophene rings is 1. The van der Waals surface area contributed by atoms with Gasteiger partial charge in [-0.2, -0.15) is 5.10 Å². The van der Waals surface area contributed by atoms with Crippen LogP contribution in [0.5, 0.6) is 0 Å². The summed E-state index contributed by atoms with van der Waals surface area (Å²) in [5.41, 5.74) is 0.461. The number of carbonyl (C=O) groups excluding carboxylic acids is 1. The van der Waals surface area contributed by atoms with E-state index in [2.05, 4.69) is 27.5 Å². The van der Waals surface area contributed by atoms with Crippen LogP contribution in [-0.2, 0) is 17.9 Å². The Labute approximate surface area is 144 Å². The van der Waals surface area contributed by atoms with Crippen LogP contribution in [0.1, 0.15) is 21.8 Å². The fraction of sp³-hybridized carbons (Fsp3) is 0.438. The van der Waals surface area contributed by atoms with Gasteiger partial charge < -0.3 is 10.0 Å². The van der Waals surface area contributed by atoms with Crippen LogP contribution in [0.3, 0.4) is 0 Å². The van der Waals surface area contributed by atoms with Crippen LogP contribution in [0, 0.1) is 0 Å². The number of carbonyl (C=O) groups is 2. The molecule has 1 N–H and O–H groups in total. The molecule has 2 aromatic rings. The highest BCUT2D eigenvalue weighted by Gasteiger charge is 2.24. The topological polar surface area (TPSA) is 78.7 Å². The first kappa shape index (κ1) is 16.7. The van der Waals surface area contributed by atoms with Crippen LogP contribution in [0.25, 0.3) is 0 Å². The van der Waals surface area contributed by atoms with Gasteiger partial charge in [-0.05, 0) is 17.5 Å². The molecule has 2 aromatic heterocycles. The van der Waals surface area contributed by atoms with Crippen molar-refractivity contribution in [2.45, 2.75) is 19.5 Å². The second-order valence-corrected chi connectivity index (χ2v) is 6.76. The fourth-order valence-electron chi connectivity index (χ4n) is 2.79. The Bertz CT molecular complexity index is 690. The third-order valence-electron chi connectivity index (χ3n) is 4.09. The van der Waals surface area contributed by atoms with Crippen LogP contribution in [0.2, 0.25) is 0 Å². The van der Waals surface area contributed by atoms with Crippen LogP contribution in [0.15, 0.2) is 29.8 Å². The van der Waals surface area contributed by atoms with E-state index in [-0.39, 0.29) is 18.9 Å². The summed E-state index contributed by atoms with van der Waals surface area (Å²) in [4.78, 5) is 28.9. The molecule has 0 bridgehead atoms. The molecular formula is C16H20N4O3S. The summed E-state index contributed by atoms with van der Waals surface area (Å²) in [5.74, 6) is -0.972. The predicted octanol–water partition coefficient (Wildman–Crippen LogP) is 1.38. The van der Waals surface area contributed by atoms with Crippen molar-refractivity contribution in [3.05, 3.63) is 40.3 Å². The van der Waals surface area contributed by atoms with Gasteiger partial charge in [0.1, 0.15) is 5.69 Å². The molecule has 8 heteroatoms. The molecular weight excluding hydrogens is 328 g/mol. The summed E-state index contributed by atoms with van der Waals surface area (Å²) in [6, 6.07) is 5.84. The molecule has 3 rings (SSSR count).